The van der Waals surface area contributed by atoms with Gasteiger partial charge in [0.2, 0.25) is 15.9 Å². The normalized spacial score (nSPS) is 20.4. The molecule has 2 aliphatic heterocycles. The van der Waals surface area contributed by atoms with Crippen molar-refractivity contribution in [1.82, 2.24) is 20.3 Å². The maximum Gasteiger partial charge on any atom is 0.547 e. The van der Waals surface area contributed by atoms with Gasteiger partial charge in [-0.15, -0.1) is 0 Å². The van der Waals surface area contributed by atoms with Crippen LogP contribution in [0.4, 0.5) is 0 Å². The summed E-state index contributed by atoms with van der Waals surface area (Å²) in [5, 5.41) is 26.7. The van der Waals surface area contributed by atoms with Gasteiger partial charge in [-0.2, -0.15) is 4.72 Å². The first-order valence-corrected chi connectivity index (χ1v) is 12.4. The molecule has 2 aromatic rings. The summed E-state index contributed by atoms with van der Waals surface area (Å²) in [6.45, 7) is 0. The van der Waals surface area contributed by atoms with Crippen molar-refractivity contribution >= 4 is 40.8 Å². The number of aromatic carboxylic acids is 1. The fraction of sp³-hybridized carbons (Fsp3) is 0.211. The number of rotatable bonds is 7. The number of benzene rings is 1. The number of sulfonamides is 1. The molecule has 0 fully saturated rings. The first-order chi connectivity index (χ1) is 16.2. The lowest BCUT2D eigenvalue weighted by atomic mass is 9.72. The third-order valence-electron chi connectivity index (χ3n) is 5.12. The molecule has 0 spiro atoms. The Morgan fingerprint density at radius 2 is 2.12 bits per heavy atom. The third kappa shape index (κ3) is 5.02. The van der Waals surface area contributed by atoms with Gasteiger partial charge in [0.15, 0.2) is 0 Å². The molecule has 4 rings (SSSR count). The molecule has 178 valence electrons. The van der Waals surface area contributed by atoms with Crippen molar-refractivity contribution in [3.05, 3.63) is 65.0 Å². The molecule has 0 bridgehead atoms. The minimum absolute atomic E-state index is 0.0179. The summed E-state index contributed by atoms with van der Waals surface area (Å²) < 4.78 is 33.4. The van der Waals surface area contributed by atoms with Gasteiger partial charge in [-0.3, -0.25) is 9.78 Å². The Morgan fingerprint density at radius 1 is 1.32 bits per heavy atom. The fourth-order valence-electron chi connectivity index (χ4n) is 3.50. The van der Waals surface area contributed by atoms with Crippen LogP contribution in [0.1, 0.15) is 15.9 Å². The summed E-state index contributed by atoms with van der Waals surface area (Å²) >= 11 is 1.16. The van der Waals surface area contributed by atoms with E-state index in [1.807, 2.05) is 0 Å². The standard InChI is InChI=1S/C19H20BN5O7S2/c21-19-23-13(9-33-19)15(25-34(30,31)11-4-2-6-22-8-11)17(26)24-14-7-10-3-1-5-12(18(27)28)16(10)32-20(14)29/h1-6,8-9,14-15,19,23,25,29H,7,21H2,(H,24,26)(H,27,28)/t14-,15?,19?/m0/s1. The minimum Gasteiger partial charge on any atom is -0.534 e. The van der Waals surface area contributed by atoms with Crippen LogP contribution in [0.2, 0.25) is 0 Å². The number of aromatic nitrogens is 1. The molecule has 0 saturated carbocycles. The van der Waals surface area contributed by atoms with Crippen LogP contribution in [0.25, 0.3) is 0 Å². The average molecular weight is 505 g/mol. The summed E-state index contributed by atoms with van der Waals surface area (Å²) in [6.07, 6.45) is 2.62. The lowest BCUT2D eigenvalue weighted by Gasteiger charge is -2.30. The zero-order chi connectivity index (χ0) is 24.5. The molecule has 2 unspecified atom stereocenters. The Hall–Kier alpha value is -3.11. The van der Waals surface area contributed by atoms with Gasteiger partial charge in [0.05, 0.1) is 11.5 Å². The highest BCUT2D eigenvalue weighted by Crippen LogP contribution is 2.30. The number of nitrogens with one attached hydrogen (secondary N) is 3. The zero-order valence-corrected chi connectivity index (χ0v) is 19.0. The van der Waals surface area contributed by atoms with Gasteiger partial charge in [0.1, 0.15) is 22.2 Å². The monoisotopic (exact) mass is 505 g/mol. The molecule has 1 aromatic heterocycles. The van der Waals surface area contributed by atoms with Crippen LogP contribution < -0.4 is 25.7 Å². The Balaban J connectivity index is 1.57. The van der Waals surface area contributed by atoms with Crippen molar-refractivity contribution in [3.63, 3.8) is 0 Å². The number of carboxylic acids is 1. The SMILES string of the molecule is NC1NC(C(NS(=O)(=O)c2cccnc2)C(=O)N[C@H]2Cc3cccc(C(=O)O)c3OB2O)=CS1. The van der Waals surface area contributed by atoms with Crippen LogP contribution >= 0.6 is 11.8 Å². The van der Waals surface area contributed by atoms with E-state index < -0.39 is 46.5 Å². The average Bonchev–Trinajstić information content (AvgIpc) is 3.24. The van der Waals surface area contributed by atoms with Crippen molar-refractivity contribution in [2.24, 2.45) is 5.73 Å². The predicted molar refractivity (Wildman–Crippen MR) is 123 cm³/mol. The highest BCUT2D eigenvalue weighted by atomic mass is 32.2. The highest BCUT2D eigenvalue weighted by Gasteiger charge is 2.40. The molecule has 3 heterocycles. The summed E-state index contributed by atoms with van der Waals surface area (Å²) in [6, 6.07) is 5.86. The Kier molecular flexibility index (Phi) is 6.81. The van der Waals surface area contributed by atoms with Gasteiger partial charge in [0.25, 0.3) is 0 Å². The number of para-hydroxylation sites is 1. The second kappa shape index (κ2) is 9.64. The number of hydrogen-bond donors (Lipinski definition) is 6. The number of nitrogens with two attached hydrogens (primary N) is 1. The first-order valence-electron chi connectivity index (χ1n) is 9.96. The molecule has 15 heteroatoms. The van der Waals surface area contributed by atoms with E-state index in [0.29, 0.717) is 5.56 Å². The number of fused-ring (bicyclic) bond motifs is 1. The van der Waals surface area contributed by atoms with E-state index in [-0.39, 0.29) is 28.3 Å². The van der Waals surface area contributed by atoms with E-state index in [9.17, 15) is 28.1 Å². The van der Waals surface area contributed by atoms with Crippen molar-refractivity contribution in [3.8, 4) is 5.75 Å². The number of carbonyl (C=O) groups excluding carboxylic acids is 1. The summed E-state index contributed by atoms with van der Waals surface area (Å²) in [4.78, 5) is 28.3. The lowest BCUT2D eigenvalue weighted by Crippen LogP contribution is -2.58. The van der Waals surface area contributed by atoms with Gasteiger partial charge < -0.3 is 31.2 Å². The molecule has 0 aliphatic carbocycles. The number of hydrogen-bond acceptors (Lipinski definition) is 10. The molecular weight excluding hydrogens is 485 g/mol. The van der Waals surface area contributed by atoms with Crippen molar-refractivity contribution in [2.45, 2.75) is 28.8 Å². The van der Waals surface area contributed by atoms with Gasteiger partial charge >= 0.3 is 13.1 Å². The van der Waals surface area contributed by atoms with Crippen LogP contribution in [0.15, 0.2) is 58.7 Å². The van der Waals surface area contributed by atoms with Crippen LogP contribution in [0, 0.1) is 0 Å². The quantitative estimate of drug-likeness (QED) is 0.253. The zero-order valence-electron chi connectivity index (χ0n) is 17.4. The second-order valence-electron chi connectivity index (χ2n) is 7.44. The molecule has 34 heavy (non-hydrogen) atoms. The van der Waals surface area contributed by atoms with E-state index in [2.05, 4.69) is 20.3 Å². The maximum absolute atomic E-state index is 13.2. The van der Waals surface area contributed by atoms with Crippen molar-refractivity contribution in [2.75, 3.05) is 0 Å². The predicted octanol–water partition coefficient (Wildman–Crippen LogP) is -1.01. The Bertz CT molecular complexity index is 1240. The summed E-state index contributed by atoms with van der Waals surface area (Å²) in [5.74, 6) is -2.95. The number of carboxylic acid groups (broad SMARTS) is 1. The van der Waals surface area contributed by atoms with Crippen LogP contribution in [-0.2, 0) is 21.2 Å². The summed E-state index contributed by atoms with van der Waals surface area (Å²) in [7, 11) is -5.70. The van der Waals surface area contributed by atoms with E-state index in [1.54, 1.807) is 6.07 Å². The van der Waals surface area contributed by atoms with Crippen LogP contribution in [0.5, 0.6) is 5.75 Å². The molecule has 0 radical (unpaired) electrons. The Labute approximate surface area is 199 Å². The third-order valence-corrected chi connectivity index (χ3v) is 7.33. The molecule has 2 aliphatic rings. The van der Waals surface area contributed by atoms with Crippen LogP contribution in [-0.4, -0.2) is 60.0 Å². The number of nitrogens with zero attached hydrogens (tertiary/aromatic N) is 1. The number of amides is 1. The molecule has 7 N–H and O–H groups in total. The minimum atomic E-state index is -4.14. The number of thioether (sulfide) groups is 1. The number of carbonyl (C=O) groups is 2. The smallest absolute Gasteiger partial charge is 0.534 e. The molecular formula is C19H20BN5O7S2. The molecule has 12 nitrogen and oxygen atoms in total. The van der Waals surface area contributed by atoms with Crippen molar-refractivity contribution in [1.29, 1.82) is 0 Å². The van der Waals surface area contributed by atoms with E-state index >= 15 is 0 Å². The molecule has 3 atom stereocenters. The maximum atomic E-state index is 13.2. The second-order valence-corrected chi connectivity index (χ2v) is 10.2. The first kappa shape index (κ1) is 24.0. The molecule has 1 aromatic carbocycles. The lowest BCUT2D eigenvalue weighted by molar-refractivity contribution is -0.122. The highest BCUT2D eigenvalue weighted by molar-refractivity contribution is 8.02. The van der Waals surface area contributed by atoms with Crippen molar-refractivity contribution < 1.29 is 32.8 Å². The number of pyridine rings is 1. The van der Waals surface area contributed by atoms with E-state index in [0.717, 1.165) is 18.0 Å². The topological polar surface area (TPSA) is 193 Å². The van der Waals surface area contributed by atoms with Gasteiger partial charge in [-0.05, 0) is 35.6 Å². The van der Waals surface area contributed by atoms with Gasteiger partial charge in [0, 0.05) is 18.1 Å². The van der Waals surface area contributed by atoms with Crippen LogP contribution in [0.3, 0.4) is 0 Å². The van der Waals surface area contributed by atoms with E-state index in [1.165, 1.54) is 35.9 Å². The largest absolute Gasteiger partial charge is 0.547 e. The van der Waals surface area contributed by atoms with Gasteiger partial charge in [-0.1, -0.05) is 23.9 Å². The molecule has 1 amide bonds. The fourth-order valence-corrected chi connectivity index (χ4v) is 5.34. The Morgan fingerprint density at radius 3 is 2.76 bits per heavy atom. The summed E-state index contributed by atoms with van der Waals surface area (Å²) in [5.41, 5.74) is 5.82. The molecule has 0 saturated heterocycles. The van der Waals surface area contributed by atoms with Gasteiger partial charge in [-0.25, -0.2) is 13.2 Å². The van der Waals surface area contributed by atoms with E-state index in [4.69, 9.17) is 10.4 Å².